The van der Waals surface area contributed by atoms with Crippen LogP contribution in [0.3, 0.4) is 0 Å². The van der Waals surface area contributed by atoms with Crippen molar-refractivity contribution in [1.29, 1.82) is 0 Å². The van der Waals surface area contributed by atoms with Crippen molar-refractivity contribution in [3.05, 3.63) is 48.6 Å². The van der Waals surface area contributed by atoms with Crippen LogP contribution >= 0.6 is 0 Å². The van der Waals surface area contributed by atoms with E-state index in [2.05, 4.69) is 26.3 Å². The third kappa shape index (κ3) is 6.85. The van der Waals surface area contributed by atoms with Crippen LogP contribution < -0.4 is 0 Å². The summed E-state index contributed by atoms with van der Waals surface area (Å²) in [7, 11) is 0. The van der Waals surface area contributed by atoms with Crippen LogP contribution in [0.5, 0.6) is 0 Å². The zero-order chi connectivity index (χ0) is 26.1. The molecule has 11 nitrogen and oxygen atoms in total. The molecule has 0 unspecified atom stereocenters. The lowest BCUT2D eigenvalue weighted by Gasteiger charge is -2.47. The Balaban J connectivity index is 7.36. The van der Waals surface area contributed by atoms with Gasteiger partial charge in [-0.05, 0) is 27.7 Å². The molecule has 0 bridgehead atoms. The van der Waals surface area contributed by atoms with E-state index in [1.807, 2.05) is 0 Å². The Hall–Kier alpha value is -3.28. The lowest BCUT2D eigenvalue weighted by molar-refractivity contribution is -0.361. The number of carbonyl (C=O) groups excluding carboxylic acids is 4. The third-order valence-corrected chi connectivity index (χ3v) is 4.27. The van der Waals surface area contributed by atoms with E-state index in [4.69, 9.17) is 18.9 Å². The van der Waals surface area contributed by atoms with Gasteiger partial charge in [-0.2, -0.15) is 0 Å². The molecule has 0 amide bonds. The van der Waals surface area contributed by atoms with Crippen LogP contribution in [0.4, 0.5) is 0 Å². The molecular formula is C22H30O11. The van der Waals surface area contributed by atoms with Crippen molar-refractivity contribution in [1.82, 2.24) is 0 Å². The van der Waals surface area contributed by atoms with Crippen LogP contribution in [0, 0.1) is 5.41 Å². The standard InChI is InChI=1S/C22H30O11/c1-12(2)16(26)30-20(31-17(27)13(3)4)22(32-18(28)14(5)6,33-19(29)15(7)8)21(9-23,10-24)11-25/h20,23-25H,1,3,5,7,9-11H2,2,4,6,8H3. The monoisotopic (exact) mass is 470 g/mol. The van der Waals surface area contributed by atoms with E-state index in [9.17, 15) is 34.5 Å². The molecule has 0 radical (unpaired) electrons. The lowest BCUT2D eigenvalue weighted by atomic mass is 9.79. The Labute approximate surface area is 191 Å². The highest BCUT2D eigenvalue weighted by molar-refractivity contribution is 5.90. The van der Waals surface area contributed by atoms with Crippen molar-refractivity contribution >= 4 is 23.9 Å². The van der Waals surface area contributed by atoms with Crippen LogP contribution in [-0.2, 0) is 38.1 Å². The number of esters is 4. The maximum absolute atomic E-state index is 12.6. The molecule has 0 atom stereocenters. The highest BCUT2D eigenvalue weighted by Crippen LogP contribution is 2.42. The maximum Gasteiger partial charge on any atom is 0.344 e. The van der Waals surface area contributed by atoms with Crippen molar-refractivity contribution in [3.63, 3.8) is 0 Å². The Morgan fingerprint density at radius 1 is 0.636 bits per heavy atom. The highest BCUT2D eigenvalue weighted by Gasteiger charge is 2.66. The van der Waals surface area contributed by atoms with E-state index in [1.165, 1.54) is 27.7 Å². The first-order chi connectivity index (χ1) is 15.1. The van der Waals surface area contributed by atoms with Crippen LogP contribution in [0.1, 0.15) is 27.7 Å². The third-order valence-electron chi connectivity index (χ3n) is 4.27. The summed E-state index contributed by atoms with van der Waals surface area (Å²) in [4.78, 5) is 49.8. The van der Waals surface area contributed by atoms with Crippen molar-refractivity contribution in [3.8, 4) is 0 Å². The molecule has 33 heavy (non-hydrogen) atoms. The van der Waals surface area contributed by atoms with E-state index in [-0.39, 0.29) is 22.3 Å². The van der Waals surface area contributed by atoms with E-state index in [1.54, 1.807) is 0 Å². The molecule has 0 saturated carbocycles. The molecule has 11 heteroatoms. The summed E-state index contributed by atoms with van der Waals surface area (Å²) in [5, 5.41) is 30.3. The normalized spacial score (nSPS) is 11.3. The van der Waals surface area contributed by atoms with Crippen LogP contribution in [0.15, 0.2) is 48.6 Å². The predicted octanol–water partition coefficient (Wildman–Crippen LogP) is 0.449. The molecule has 0 aliphatic heterocycles. The number of aliphatic hydroxyl groups excluding tert-OH is 3. The number of aliphatic hydroxyl groups is 3. The minimum atomic E-state index is -3.12. The number of hydrogen-bond acceptors (Lipinski definition) is 11. The topological polar surface area (TPSA) is 166 Å². The average molecular weight is 470 g/mol. The second-order valence-corrected chi connectivity index (χ2v) is 7.47. The molecule has 0 saturated heterocycles. The maximum atomic E-state index is 12.6. The van der Waals surface area contributed by atoms with Crippen molar-refractivity contribution in [2.24, 2.45) is 5.41 Å². The predicted molar refractivity (Wildman–Crippen MR) is 114 cm³/mol. The summed E-state index contributed by atoms with van der Waals surface area (Å²) in [6.07, 6.45) is -2.45. The molecule has 184 valence electrons. The molecule has 0 aromatic heterocycles. The molecule has 0 spiro atoms. The van der Waals surface area contributed by atoms with E-state index in [0.29, 0.717) is 0 Å². The number of rotatable bonds is 13. The van der Waals surface area contributed by atoms with Crippen LogP contribution in [0.2, 0.25) is 0 Å². The first-order valence-corrected chi connectivity index (χ1v) is 9.47. The van der Waals surface area contributed by atoms with Gasteiger partial charge in [-0.15, -0.1) is 0 Å². The average Bonchev–Trinajstić information content (AvgIpc) is 2.73. The Kier molecular flexibility index (Phi) is 10.9. The fraction of sp³-hybridized carbons (Fsp3) is 0.455. The molecule has 0 aromatic rings. The van der Waals surface area contributed by atoms with Crippen molar-refractivity contribution in [2.45, 2.75) is 39.8 Å². The largest absolute Gasteiger partial charge is 0.413 e. The molecular weight excluding hydrogens is 440 g/mol. The SMILES string of the molecule is C=C(C)C(=O)OC(OC(=O)C(=C)C)C(OC(=O)C(=C)C)(OC(=O)C(=C)C)C(CO)(CO)CO. The Bertz CT molecular complexity index is 784. The van der Waals surface area contributed by atoms with Crippen LogP contribution in [0.25, 0.3) is 0 Å². The fourth-order valence-corrected chi connectivity index (χ4v) is 2.09. The summed E-state index contributed by atoms with van der Waals surface area (Å²) in [5.74, 6) is -8.05. The zero-order valence-corrected chi connectivity index (χ0v) is 19.1. The van der Waals surface area contributed by atoms with E-state index in [0.717, 1.165) is 0 Å². The molecule has 0 aromatic carbocycles. The Morgan fingerprint density at radius 2 is 0.909 bits per heavy atom. The zero-order valence-electron chi connectivity index (χ0n) is 19.1. The van der Waals surface area contributed by atoms with Gasteiger partial charge in [-0.3, -0.25) is 0 Å². The summed E-state index contributed by atoms with van der Waals surface area (Å²) in [6, 6.07) is 0. The number of ether oxygens (including phenoxy) is 4. The van der Waals surface area contributed by atoms with E-state index >= 15 is 0 Å². The van der Waals surface area contributed by atoms with Crippen molar-refractivity contribution < 1.29 is 53.4 Å². The Morgan fingerprint density at radius 3 is 1.12 bits per heavy atom. The molecule has 0 heterocycles. The smallest absolute Gasteiger partial charge is 0.344 e. The molecule has 0 aliphatic rings. The van der Waals surface area contributed by atoms with Gasteiger partial charge in [-0.25, -0.2) is 19.2 Å². The first-order valence-electron chi connectivity index (χ1n) is 9.47. The van der Waals surface area contributed by atoms with Gasteiger partial charge in [0.2, 0.25) is 0 Å². The minimum Gasteiger partial charge on any atom is -0.413 e. The van der Waals surface area contributed by atoms with Gasteiger partial charge in [0.05, 0.1) is 19.8 Å². The summed E-state index contributed by atoms with van der Waals surface area (Å²) >= 11 is 0. The molecule has 0 aliphatic carbocycles. The lowest BCUT2D eigenvalue weighted by Crippen LogP contribution is -2.68. The first kappa shape index (κ1) is 29.7. The van der Waals surface area contributed by atoms with Gasteiger partial charge in [0, 0.05) is 22.3 Å². The van der Waals surface area contributed by atoms with E-state index < -0.39 is 61.2 Å². The second-order valence-electron chi connectivity index (χ2n) is 7.47. The molecule has 3 N–H and O–H groups in total. The van der Waals surface area contributed by atoms with Gasteiger partial charge >= 0.3 is 36.0 Å². The summed E-state index contributed by atoms with van der Waals surface area (Å²) in [5.41, 5.74) is -3.41. The van der Waals surface area contributed by atoms with Gasteiger partial charge in [0.15, 0.2) is 0 Å². The molecule has 0 rings (SSSR count). The fourth-order valence-electron chi connectivity index (χ4n) is 2.09. The summed E-state index contributed by atoms with van der Waals surface area (Å²) in [6.45, 7) is 14.8. The summed E-state index contributed by atoms with van der Waals surface area (Å²) < 4.78 is 20.7. The highest BCUT2D eigenvalue weighted by atomic mass is 16.8. The van der Waals surface area contributed by atoms with Gasteiger partial charge in [0.1, 0.15) is 5.41 Å². The van der Waals surface area contributed by atoms with Gasteiger partial charge < -0.3 is 34.3 Å². The quantitative estimate of drug-likeness (QED) is 0.194. The molecule has 0 fully saturated rings. The number of carbonyl (C=O) groups is 4. The van der Waals surface area contributed by atoms with Gasteiger partial charge in [0.25, 0.3) is 0 Å². The van der Waals surface area contributed by atoms with Crippen molar-refractivity contribution in [2.75, 3.05) is 19.8 Å². The second kappa shape index (κ2) is 12.1. The minimum absolute atomic E-state index is 0.208. The van der Waals surface area contributed by atoms with Gasteiger partial charge in [-0.1, -0.05) is 26.3 Å². The number of hydrogen-bond donors (Lipinski definition) is 3. The van der Waals surface area contributed by atoms with Crippen LogP contribution in [-0.4, -0.2) is 71.1 Å².